The number of rotatable bonds is 3. The molecule has 5 atom stereocenters. The zero-order valence-corrected chi connectivity index (χ0v) is 16.4. The second kappa shape index (κ2) is 5.98. The van der Waals surface area contributed by atoms with Gasteiger partial charge in [-0.3, -0.25) is 0 Å². The Hall–Kier alpha value is -2.04. The van der Waals surface area contributed by atoms with E-state index in [1.165, 1.54) is 23.1 Å². The van der Waals surface area contributed by atoms with E-state index >= 15 is 0 Å². The zero-order valence-electron chi connectivity index (χ0n) is 16.4. The van der Waals surface area contributed by atoms with Crippen LogP contribution in [-0.2, 0) is 18.4 Å². The molecule has 0 radical (unpaired) electrons. The summed E-state index contributed by atoms with van der Waals surface area (Å²) in [6.07, 6.45) is 4.70. The molecule has 1 spiro atoms. The molecule has 0 aromatic heterocycles. The average molecular weight is 377 g/mol. The highest BCUT2D eigenvalue weighted by Crippen LogP contribution is 2.63. The maximum atomic E-state index is 10.6. The van der Waals surface area contributed by atoms with E-state index in [2.05, 4.69) is 53.7 Å². The molecule has 0 amide bonds. The normalized spacial score (nSPS) is 35.3. The summed E-state index contributed by atoms with van der Waals surface area (Å²) in [6, 6.07) is 15.5. The van der Waals surface area contributed by atoms with Gasteiger partial charge in [-0.15, -0.1) is 0 Å². The van der Waals surface area contributed by atoms with Gasteiger partial charge in [-0.1, -0.05) is 36.4 Å². The fourth-order valence-corrected chi connectivity index (χ4v) is 6.79. The summed E-state index contributed by atoms with van der Waals surface area (Å²) in [5, 5.41) is 14.4. The van der Waals surface area contributed by atoms with Crippen LogP contribution in [0.15, 0.2) is 42.5 Å². The second-order valence-electron chi connectivity index (χ2n) is 9.19. The number of phenolic OH excluding ortho intramolecular Hbond substituents is 1. The number of piperidine rings is 1. The van der Waals surface area contributed by atoms with Crippen molar-refractivity contribution in [2.24, 2.45) is 5.92 Å². The molecule has 1 saturated heterocycles. The van der Waals surface area contributed by atoms with Crippen LogP contribution in [0.4, 0.5) is 0 Å². The topological polar surface area (TPSA) is 44.7 Å². The van der Waals surface area contributed by atoms with Crippen molar-refractivity contribution < 1.29 is 9.84 Å². The summed E-state index contributed by atoms with van der Waals surface area (Å²) in [6.45, 7) is 1.98. The quantitative estimate of drug-likeness (QED) is 0.863. The highest BCUT2D eigenvalue weighted by Gasteiger charge is 2.65. The Kier molecular flexibility index (Phi) is 3.60. The maximum absolute atomic E-state index is 10.6. The van der Waals surface area contributed by atoms with Crippen LogP contribution in [0.3, 0.4) is 0 Å². The minimum absolute atomic E-state index is 0.0610. The lowest BCUT2D eigenvalue weighted by Gasteiger charge is -2.59. The van der Waals surface area contributed by atoms with Crippen LogP contribution in [0.1, 0.15) is 36.0 Å². The number of nitrogens with zero attached hydrogens (tertiary/aromatic N) is 1. The molecule has 2 bridgehead atoms. The maximum Gasteiger partial charge on any atom is 0.165 e. The highest BCUT2D eigenvalue weighted by atomic mass is 16.5. The largest absolute Gasteiger partial charge is 0.504 e. The van der Waals surface area contributed by atoms with Crippen molar-refractivity contribution in [3.63, 3.8) is 0 Å². The predicted molar refractivity (Wildman–Crippen MR) is 109 cm³/mol. The molecule has 4 heteroatoms. The first-order valence-corrected chi connectivity index (χ1v) is 10.7. The lowest BCUT2D eigenvalue weighted by Crippen LogP contribution is -2.67. The Morgan fingerprint density at radius 2 is 2.04 bits per heavy atom. The molecule has 6 rings (SSSR count). The van der Waals surface area contributed by atoms with Crippen molar-refractivity contribution in [1.29, 1.82) is 0 Å². The van der Waals surface area contributed by atoms with Gasteiger partial charge in [0.2, 0.25) is 0 Å². The number of hydrogen-bond acceptors (Lipinski definition) is 4. The molecule has 28 heavy (non-hydrogen) atoms. The summed E-state index contributed by atoms with van der Waals surface area (Å²) in [5.74, 6) is 1.73. The number of likely N-dealkylation sites (N-methyl/N-ethyl adjacent to an activating group) is 1. The number of aromatic hydroxyl groups is 1. The molecular formula is C24H28N2O2. The van der Waals surface area contributed by atoms with E-state index in [0.29, 0.717) is 23.8 Å². The molecular weight excluding hydrogens is 348 g/mol. The lowest BCUT2D eigenvalue weighted by molar-refractivity contribution is -0.0575. The van der Waals surface area contributed by atoms with Crippen LogP contribution >= 0.6 is 0 Å². The number of phenols is 1. The number of ether oxygens (including phenoxy) is 1. The Labute approximate surface area is 166 Å². The Morgan fingerprint density at radius 1 is 1.18 bits per heavy atom. The summed E-state index contributed by atoms with van der Waals surface area (Å²) in [7, 11) is 2.29. The molecule has 2 N–H and O–H groups in total. The van der Waals surface area contributed by atoms with Crippen molar-refractivity contribution in [2.75, 3.05) is 13.6 Å². The molecule has 146 valence electrons. The third kappa shape index (κ3) is 2.13. The highest BCUT2D eigenvalue weighted by molar-refractivity contribution is 5.60. The van der Waals surface area contributed by atoms with Crippen molar-refractivity contribution >= 4 is 0 Å². The van der Waals surface area contributed by atoms with Gasteiger partial charge in [0.25, 0.3) is 0 Å². The lowest BCUT2D eigenvalue weighted by atomic mass is 9.51. The van der Waals surface area contributed by atoms with Gasteiger partial charge in [-0.2, -0.15) is 0 Å². The van der Waals surface area contributed by atoms with E-state index in [1.54, 1.807) is 0 Å². The van der Waals surface area contributed by atoms with Crippen LogP contribution in [0.5, 0.6) is 11.5 Å². The molecule has 4 nitrogen and oxygen atoms in total. The van der Waals surface area contributed by atoms with Gasteiger partial charge >= 0.3 is 0 Å². The molecule has 2 aromatic carbocycles. The Balaban J connectivity index is 1.40. The monoisotopic (exact) mass is 376 g/mol. The standard InChI is InChI=1S/C24H28N2O2/c1-26-12-11-24-17-8-9-18(25-14-15-5-3-2-4-6-15)23(24)28-22-20(27)10-7-16(21(22)24)13-19(17)26/h2-7,10,17-19,23,25,27H,8-9,11-14H2,1H3. The Morgan fingerprint density at radius 3 is 2.89 bits per heavy atom. The second-order valence-corrected chi connectivity index (χ2v) is 9.19. The van der Waals surface area contributed by atoms with Crippen LogP contribution in [0, 0.1) is 5.92 Å². The van der Waals surface area contributed by atoms with Gasteiger partial charge in [-0.25, -0.2) is 0 Å². The van der Waals surface area contributed by atoms with E-state index in [1.807, 2.05) is 6.07 Å². The molecule has 2 aromatic rings. The first-order valence-electron chi connectivity index (χ1n) is 10.7. The summed E-state index contributed by atoms with van der Waals surface area (Å²) < 4.78 is 6.61. The average Bonchev–Trinajstić information content (AvgIpc) is 3.07. The Bertz CT molecular complexity index is 914. The zero-order chi connectivity index (χ0) is 18.9. The van der Waals surface area contributed by atoms with Crippen LogP contribution in [0.25, 0.3) is 0 Å². The fourth-order valence-electron chi connectivity index (χ4n) is 6.79. The molecule has 1 saturated carbocycles. The van der Waals surface area contributed by atoms with E-state index in [9.17, 15) is 5.11 Å². The van der Waals surface area contributed by atoms with Crippen LogP contribution in [0.2, 0.25) is 0 Å². The first-order chi connectivity index (χ1) is 13.7. The molecule has 4 aliphatic rings. The molecule has 2 aliphatic heterocycles. The van der Waals surface area contributed by atoms with Crippen LogP contribution < -0.4 is 10.1 Å². The van der Waals surface area contributed by atoms with E-state index in [0.717, 1.165) is 38.1 Å². The molecule has 2 fully saturated rings. The number of benzene rings is 2. The minimum atomic E-state index is 0.0610. The summed E-state index contributed by atoms with van der Waals surface area (Å²) in [4.78, 5) is 2.57. The van der Waals surface area contributed by atoms with Crippen molar-refractivity contribution in [3.8, 4) is 11.5 Å². The SMILES string of the molecule is CN1CCC23c4c5ccc(O)c4OC2C(NCc2ccccc2)CCC3C1C5. The number of likely N-dealkylation sites (tertiary alicyclic amines) is 1. The first kappa shape index (κ1) is 16.9. The van der Waals surface area contributed by atoms with Crippen molar-refractivity contribution in [1.82, 2.24) is 10.2 Å². The molecule has 5 unspecified atom stereocenters. The number of nitrogens with one attached hydrogen (secondary N) is 1. The minimum Gasteiger partial charge on any atom is -0.504 e. The molecule has 2 heterocycles. The number of hydrogen-bond donors (Lipinski definition) is 2. The van der Waals surface area contributed by atoms with Crippen molar-refractivity contribution in [2.45, 2.75) is 55.8 Å². The van der Waals surface area contributed by atoms with E-state index in [4.69, 9.17) is 4.74 Å². The van der Waals surface area contributed by atoms with Gasteiger partial charge in [0, 0.05) is 29.6 Å². The van der Waals surface area contributed by atoms with Gasteiger partial charge < -0.3 is 20.1 Å². The smallest absolute Gasteiger partial charge is 0.165 e. The summed E-state index contributed by atoms with van der Waals surface area (Å²) in [5.41, 5.74) is 4.11. The van der Waals surface area contributed by atoms with Gasteiger partial charge in [0.15, 0.2) is 11.5 Å². The summed E-state index contributed by atoms with van der Waals surface area (Å²) >= 11 is 0. The van der Waals surface area contributed by atoms with Gasteiger partial charge in [0.1, 0.15) is 6.10 Å². The fraction of sp³-hybridized carbons (Fsp3) is 0.500. The third-order valence-electron chi connectivity index (χ3n) is 8.01. The van der Waals surface area contributed by atoms with Crippen molar-refractivity contribution in [3.05, 3.63) is 59.2 Å². The van der Waals surface area contributed by atoms with Gasteiger partial charge in [-0.05, 0) is 62.4 Å². The van der Waals surface area contributed by atoms with Gasteiger partial charge in [0.05, 0.1) is 0 Å². The molecule has 2 aliphatic carbocycles. The third-order valence-corrected chi connectivity index (χ3v) is 8.01. The predicted octanol–water partition coefficient (Wildman–Crippen LogP) is 3.22. The van der Waals surface area contributed by atoms with E-state index < -0.39 is 0 Å². The van der Waals surface area contributed by atoms with E-state index in [-0.39, 0.29) is 11.5 Å². The van der Waals surface area contributed by atoms with Crippen LogP contribution in [-0.4, -0.2) is 41.8 Å².